The Bertz CT molecular complexity index is 752. The molecule has 0 radical (unpaired) electrons. The lowest BCUT2D eigenvalue weighted by molar-refractivity contribution is 0.476. The van der Waals surface area contributed by atoms with E-state index in [2.05, 4.69) is 15.4 Å². The molecule has 0 bridgehead atoms. The summed E-state index contributed by atoms with van der Waals surface area (Å²) in [6.07, 6.45) is 0.871. The van der Waals surface area contributed by atoms with Gasteiger partial charge in [-0.1, -0.05) is 30.7 Å². The summed E-state index contributed by atoms with van der Waals surface area (Å²) in [5.74, 6) is 0.205. The number of aromatic hydroxyl groups is 1. The zero-order valence-electron chi connectivity index (χ0n) is 10.3. The lowest BCUT2D eigenvalue weighted by Crippen LogP contribution is -1.86. The van der Waals surface area contributed by atoms with Crippen molar-refractivity contribution >= 4 is 22.6 Å². The van der Waals surface area contributed by atoms with Gasteiger partial charge in [-0.15, -0.1) is 0 Å². The molecule has 0 aliphatic rings. The summed E-state index contributed by atoms with van der Waals surface area (Å²) in [5, 5.41) is 21.4. The van der Waals surface area contributed by atoms with E-state index in [9.17, 15) is 5.11 Å². The molecule has 19 heavy (non-hydrogen) atoms. The highest BCUT2D eigenvalue weighted by atomic mass is 35.5. The minimum atomic E-state index is 0.205. The number of aryl methyl sites for hydroxylation is 1. The number of halogens is 1. The van der Waals surface area contributed by atoms with E-state index >= 15 is 0 Å². The number of aromatic amines is 1. The van der Waals surface area contributed by atoms with E-state index in [1.165, 1.54) is 0 Å². The normalized spacial score (nSPS) is 11.1. The van der Waals surface area contributed by atoms with Gasteiger partial charge in [-0.05, 0) is 30.2 Å². The fourth-order valence-electron chi connectivity index (χ4n) is 2.15. The predicted octanol–water partition coefficient (Wildman–Crippen LogP) is 3.55. The summed E-state index contributed by atoms with van der Waals surface area (Å²) in [6.45, 7) is 2.04. The molecular weight excluding hydrogens is 262 g/mol. The number of benzene rings is 2. The van der Waals surface area contributed by atoms with E-state index in [0.717, 1.165) is 17.5 Å². The van der Waals surface area contributed by atoms with E-state index in [1.54, 1.807) is 18.2 Å². The predicted molar refractivity (Wildman–Crippen MR) is 75.4 cm³/mol. The van der Waals surface area contributed by atoms with Gasteiger partial charge >= 0.3 is 0 Å². The summed E-state index contributed by atoms with van der Waals surface area (Å²) in [7, 11) is 0. The third-order valence-electron chi connectivity index (χ3n) is 3.18. The molecule has 3 rings (SSSR count). The molecule has 3 aromatic rings. The zero-order valence-corrected chi connectivity index (χ0v) is 11.1. The van der Waals surface area contributed by atoms with Crippen LogP contribution in [0.4, 0.5) is 0 Å². The molecule has 0 fully saturated rings. The molecule has 0 amide bonds. The minimum absolute atomic E-state index is 0.205. The first-order chi connectivity index (χ1) is 9.20. The van der Waals surface area contributed by atoms with Gasteiger partial charge in [0, 0.05) is 11.1 Å². The average molecular weight is 274 g/mol. The second kappa shape index (κ2) is 4.55. The number of phenolic OH excluding ortho intramolecular Hbond substituents is 1. The smallest absolute Gasteiger partial charge is 0.123 e. The number of aromatic nitrogens is 3. The molecule has 2 N–H and O–H groups in total. The molecule has 0 aliphatic carbocycles. The number of H-pyrrole nitrogens is 1. The van der Waals surface area contributed by atoms with Gasteiger partial charge in [-0.3, -0.25) is 0 Å². The molecule has 0 unspecified atom stereocenters. The van der Waals surface area contributed by atoms with Gasteiger partial charge in [0.15, 0.2) is 0 Å². The van der Waals surface area contributed by atoms with Crippen molar-refractivity contribution in [3.05, 3.63) is 40.9 Å². The summed E-state index contributed by atoms with van der Waals surface area (Å²) >= 11 is 6.25. The van der Waals surface area contributed by atoms with Crippen molar-refractivity contribution in [3.63, 3.8) is 0 Å². The number of nitrogens with zero attached hydrogens (tertiary/aromatic N) is 2. The maximum absolute atomic E-state index is 10.2. The van der Waals surface area contributed by atoms with Crippen molar-refractivity contribution in [2.75, 3.05) is 0 Å². The number of hydrogen-bond donors (Lipinski definition) is 2. The number of nitrogens with one attached hydrogen (secondary N) is 1. The number of fused-ring (bicyclic) bond motifs is 1. The van der Waals surface area contributed by atoms with Crippen LogP contribution in [0.15, 0.2) is 30.3 Å². The molecule has 1 aromatic heterocycles. The Morgan fingerprint density at radius 3 is 2.79 bits per heavy atom. The van der Waals surface area contributed by atoms with Crippen LogP contribution in [0, 0.1) is 0 Å². The molecule has 2 aromatic carbocycles. The van der Waals surface area contributed by atoms with Crippen molar-refractivity contribution in [3.8, 4) is 16.9 Å². The van der Waals surface area contributed by atoms with Gasteiger partial charge in [-0.2, -0.15) is 15.4 Å². The largest absolute Gasteiger partial charge is 0.507 e. The van der Waals surface area contributed by atoms with Crippen molar-refractivity contribution in [2.45, 2.75) is 13.3 Å². The fraction of sp³-hybridized carbons (Fsp3) is 0.143. The third-order valence-corrected chi connectivity index (χ3v) is 3.49. The molecule has 0 spiro atoms. The first-order valence-corrected chi connectivity index (χ1v) is 6.39. The van der Waals surface area contributed by atoms with Crippen LogP contribution in [-0.2, 0) is 6.42 Å². The van der Waals surface area contributed by atoms with Crippen LogP contribution in [0.2, 0.25) is 5.02 Å². The molecular formula is C14H12ClN3O. The first-order valence-electron chi connectivity index (χ1n) is 6.02. The van der Waals surface area contributed by atoms with Crippen molar-refractivity contribution in [2.24, 2.45) is 0 Å². The molecule has 0 atom stereocenters. The minimum Gasteiger partial charge on any atom is -0.507 e. The van der Waals surface area contributed by atoms with Crippen molar-refractivity contribution < 1.29 is 5.11 Å². The second-order valence-electron chi connectivity index (χ2n) is 4.32. The Labute approximate surface area is 115 Å². The highest BCUT2D eigenvalue weighted by molar-refractivity contribution is 6.35. The maximum Gasteiger partial charge on any atom is 0.123 e. The highest BCUT2D eigenvalue weighted by Crippen LogP contribution is 2.38. The molecule has 0 saturated heterocycles. The monoisotopic (exact) mass is 273 g/mol. The molecule has 0 saturated carbocycles. The van der Waals surface area contributed by atoms with Crippen LogP contribution in [0.5, 0.6) is 5.75 Å². The number of hydrogen-bond acceptors (Lipinski definition) is 3. The van der Waals surface area contributed by atoms with Gasteiger partial charge in [0.1, 0.15) is 16.8 Å². The summed E-state index contributed by atoms with van der Waals surface area (Å²) in [6, 6.07) is 9.15. The van der Waals surface area contributed by atoms with Crippen LogP contribution in [0.1, 0.15) is 12.5 Å². The fourth-order valence-corrected chi connectivity index (χ4v) is 2.41. The average Bonchev–Trinajstić information content (AvgIpc) is 2.88. The molecule has 0 aliphatic heterocycles. The van der Waals surface area contributed by atoms with Crippen LogP contribution >= 0.6 is 11.6 Å². The number of phenols is 1. The van der Waals surface area contributed by atoms with E-state index in [0.29, 0.717) is 21.7 Å². The standard InChI is InChI=1S/C14H12ClN3O/c1-2-8-3-4-9(12(19)7-8)13-10(15)5-6-11-14(13)17-18-16-11/h3-7,19H,2H2,1H3,(H,16,17,18). The van der Waals surface area contributed by atoms with Gasteiger partial charge in [0.2, 0.25) is 0 Å². The third kappa shape index (κ3) is 1.94. The molecule has 96 valence electrons. The number of rotatable bonds is 2. The first kappa shape index (κ1) is 12.0. The Hall–Kier alpha value is -2.07. The van der Waals surface area contributed by atoms with Gasteiger partial charge in [-0.25, -0.2) is 0 Å². The van der Waals surface area contributed by atoms with Gasteiger partial charge < -0.3 is 5.11 Å². The zero-order chi connectivity index (χ0) is 13.4. The Balaban J connectivity index is 2.29. The summed E-state index contributed by atoms with van der Waals surface area (Å²) < 4.78 is 0. The quantitative estimate of drug-likeness (QED) is 0.751. The van der Waals surface area contributed by atoms with Crippen molar-refractivity contribution in [1.29, 1.82) is 0 Å². The summed E-state index contributed by atoms with van der Waals surface area (Å²) in [4.78, 5) is 0. The van der Waals surface area contributed by atoms with E-state index < -0.39 is 0 Å². The lowest BCUT2D eigenvalue weighted by atomic mass is 10.0. The van der Waals surface area contributed by atoms with Crippen molar-refractivity contribution in [1.82, 2.24) is 15.4 Å². The summed E-state index contributed by atoms with van der Waals surface area (Å²) in [5.41, 5.74) is 3.82. The van der Waals surface area contributed by atoms with E-state index in [1.807, 2.05) is 19.1 Å². The van der Waals surface area contributed by atoms with E-state index in [4.69, 9.17) is 11.6 Å². The Morgan fingerprint density at radius 2 is 2.05 bits per heavy atom. The molecule has 4 nitrogen and oxygen atoms in total. The van der Waals surface area contributed by atoms with Crippen LogP contribution < -0.4 is 0 Å². The molecule has 1 heterocycles. The van der Waals surface area contributed by atoms with Gasteiger partial charge in [0.05, 0.1) is 5.02 Å². The Morgan fingerprint density at radius 1 is 1.21 bits per heavy atom. The van der Waals surface area contributed by atoms with Crippen LogP contribution in [0.3, 0.4) is 0 Å². The SMILES string of the molecule is CCc1ccc(-c2c(Cl)ccc3n[nH]nc23)c(O)c1. The maximum atomic E-state index is 10.2. The topological polar surface area (TPSA) is 61.8 Å². The van der Waals surface area contributed by atoms with Gasteiger partial charge in [0.25, 0.3) is 0 Å². The van der Waals surface area contributed by atoms with E-state index in [-0.39, 0.29) is 5.75 Å². The van der Waals surface area contributed by atoms with Crippen LogP contribution in [-0.4, -0.2) is 20.5 Å². The second-order valence-corrected chi connectivity index (χ2v) is 4.73. The Kier molecular flexibility index (Phi) is 2.87. The highest BCUT2D eigenvalue weighted by Gasteiger charge is 2.15. The van der Waals surface area contributed by atoms with Crippen LogP contribution in [0.25, 0.3) is 22.2 Å². The lowest BCUT2D eigenvalue weighted by Gasteiger charge is -2.08. The molecule has 5 heteroatoms.